The number of anilines is 2. The van der Waals surface area contributed by atoms with E-state index in [-0.39, 0.29) is 0 Å². The van der Waals surface area contributed by atoms with Crippen LogP contribution in [0.25, 0.3) is 0 Å². The summed E-state index contributed by atoms with van der Waals surface area (Å²) in [6.07, 6.45) is 4.25. The summed E-state index contributed by atoms with van der Waals surface area (Å²) in [5, 5.41) is 7.13. The zero-order valence-corrected chi connectivity index (χ0v) is 15.2. The van der Waals surface area contributed by atoms with Crippen molar-refractivity contribution in [2.75, 3.05) is 37.2 Å². The van der Waals surface area contributed by atoms with Gasteiger partial charge in [0.2, 0.25) is 5.95 Å². The number of aromatic nitrogens is 2. The lowest BCUT2D eigenvalue weighted by Crippen LogP contribution is -2.42. The molecule has 2 aromatic rings. The maximum absolute atomic E-state index is 5.98. The first-order chi connectivity index (χ1) is 12.8. The van der Waals surface area contributed by atoms with E-state index in [0.29, 0.717) is 12.0 Å². The van der Waals surface area contributed by atoms with Crippen molar-refractivity contribution in [2.24, 2.45) is 0 Å². The lowest BCUT2D eigenvalue weighted by Gasteiger charge is -2.34. The Labute approximate surface area is 155 Å². The Balaban J connectivity index is 1.46. The monoisotopic (exact) mass is 352 g/mol. The first-order valence-electron chi connectivity index (χ1n) is 9.67. The quantitative estimate of drug-likeness (QED) is 0.779. The fourth-order valence-corrected chi connectivity index (χ4v) is 4.04. The minimum absolute atomic E-state index is 0.380. The summed E-state index contributed by atoms with van der Waals surface area (Å²) in [6.45, 7) is 5.12. The van der Waals surface area contributed by atoms with Gasteiger partial charge in [-0.1, -0.05) is 30.3 Å². The van der Waals surface area contributed by atoms with Gasteiger partial charge in [0, 0.05) is 37.7 Å². The average Bonchev–Trinajstić information content (AvgIpc) is 2.88. The van der Waals surface area contributed by atoms with Crippen molar-refractivity contribution in [3.63, 3.8) is 0 Å². The molecule has 4 N–H and O–H groups in total. The van der Waals surface area contributed by atoms with Gasteiger partial charge in [0.25, 0.3) is 0 Å². The first kappa shape index (κ1) is 17.2. The Morgan fingerprint density at radius 3 is 2.88 bits per heavy atom. The zero-order chi connectivity index (χ0) is 17.8. The number of nitrogens with zero attached hydrogens (tertiary/aromatic N) is 3. The number of nitrogens with one attached hydrogen (secondary N) is 2. The minimum Gasteiger partial charge on any atom is -0.368 e. The molecule has 4 rings (SSSR count). The van der Waals surface area contributed by atoms with Gasteiger partial charge in [0.15, 0.2) is 0 Å². The Hall–Kier alpha value is -2.18. The van der Waals surface area contributed by atoms with Crippen LogP contribution in [-0.4, -0.2) is 47.1 Å². The highest BCUT2D eigenvalue weighted by Crippen LogP contribution is 2.23. The number of benzene rings is 1. The number of piperidine rings is 1. The average molecular weight is 352 g/mol. The Bertz CT molecular complexity index is 733. The summed E-state index contributed by atoms with van der Waals surface area (Å²) >= 11 is 0. The third-order valence-corrected chi connectivity index (χ3v) is 5.30. The van der Waals surface area contributed by atoms with Gasteiger partial charge >= 0.3 is 0 Å². The van der Waals surface area contributed by atoms with Gasteiger partial charge in [-0.3, -0.25) is 4.90 Å². The lowest BCUT2D eigenvalue weighted by atomic mass is 10.0. The van der Waals surface area contributed by atoms with Crippen molar-refractivity contribution < 1.29 is 0 Å². The lowest BCUT2D eigenvalue weighted by molar-refractivity contribution is 0.208. The van der Waals surface area contributed by atoms with Crippen molar-refractivity contribution in [1.29, 1.82) is 0 Å². The van der Waals surface area contributed by atoms with Gasteiger partial charge in [-0.2, -0.15) is 4.98 Å². The molecular formula is C20H28N6. The van der Waals surface area contributed by atoms with E-state index in [1.54, 1.807) is 0 Å². The van der Waals surface area contributed by atoms with E-state index in [1.165, 1.54) is 24.0 Å². The third kappa shape index (κ3) is 4.14. The zero-order valence-electron chi connectivity index (χ0n) is 15.2. The van der Waals surface area contributed by atoms with E-state index < -0.39 is 0 Å². The molecule has 1 aromatic carbocycles. The van der Waals surface area contributed by atoms with Crippen molar-refractivity contribution >= 4 is 11.8 Å². The maximum atomic E-state index is 5.98. The molecule has 1 unspecified atom stereocenters. The Morgan fingerprint density at radius 2 is 2.00 bits per heavy atom. The largest absolute Gasteiger partial charge is 0.368 e. The summed E-state index contributed by atoms with van der Waals surface area (Å²) in [6, 6.07) is 11.1. The molecule has 1 fully saturated rings. The van der Waals surface area contributed by atoms with Crippen LogP contribution in [0.2, 0.25) is 0 Å². The highest BCUT2D eigenvalue weighted by molar-refractivity contribution is 5.51. The SMILES string of the molecule is Nc1nc2c(c(NC3CCCN(Cc4ccccc4)C3)n1)CCNCC2. The minimum atomic E-state index is 0.380. The third-order valence-electron chi connectivity index (χ3n) is 5.30. The highest BCUT2D eigenvalue weighted by Gasteiger charge is 2.23. The van der Waals surface area contributed by atoms with Crippen LogP contribution < -0.4 is 16.4 Å². The van der Waals surface area contributed by atoms with E-state index in [2.05, 4.69) is 55.8 Å². The smallest absolute Gasteiger partial charge is 0.222 e. The van der Waals surface area contributed by atoms with E-state index in [9.17, 15) is 0 Å². The summed E-state index contributed by atoms with van der Waals surface area (Å²) < 4.78 is 0. The first-order valence-corrected chi connectivity index (χ1v) is 9.67. The van der Waals surface area contributed by atoms with Crippen LogP contribution >= 0.6 is 0 Å². The van der Waals surface area contributed by atoms with Crippen LogP contribution in [0, 0.1) is 0 Å². The van der Waals surface area contributed by atoms with Gasteiger partial charge in [0.05, 0.1) is 5.69 Å². The number of hydrogen-bond donors (Lipinski definition) is 3. The predicted octanol–water partition coefficient (Wildman–Crippen LogP) is 1.82. The second-order valence-electron chi connectivity index (χ2n) is 7.31. The molecule has 6 heteroatoms. The number of hydrogen-bond acceptors (Lipinski definition) is 6. The van der Waals surface area contributed by atoms with Crippen LogP contribution in [-0.2, 0) is 19.4 Å². The standard InChI is InChI=1S/C20H28N6/c21-20-24-18-9-11-22-10-8-17(18)19(25-20)23-16-7-4-12-26(14-16)13-15-5-2-1-3-6-15/h1-3,5-6,16,22H,4,7-14H2,(H3,21,23,24,25). The van der Waals surface area contributed by atoms with Crippen molar-refractivity contribution in [3.8, 4) is 0 Å². The van der Waals surface area contributed by atoms with Gasteiger partial charge in [-0.05, 0) is 37.9 Å². The fraction of sp³-hybridized carbons (Fsp3) is 0.500. The van der Waals surface area contributed by atoms with E-state index in [1.807, 2.05) is 0 Å². The molecule has 0 bridgehead atoms. The molecule has 26 heavy (non-hydrogen) atoms. The molecule has 3 heterocycles. The Kier molecular flexibility index (Phi) is 5.32. The molecule has 0 spiro atoms. The maximum Gasteiger partial charge on any atom is 0.222 e. The fourth-order valence-electron chi connectivity index (χ4n) is 4.04. The van der Waals surface area contributed by atoms with Crippen molar-refractivity contribution in [3.05, 3.63) is 47.2 Å². The van der Waals surface area contributed by atoms with Crippen molar-refractivity contribution in [1.82, 2.24) is 20.2 Å². The molecule has 1 aromatic heterocycles. The van der Waals surface area contributed by atoms with E-state index in [4.69, 9.17) is 5.73 Å². The topological polar surface area (TPSA) is 79.1 Å². The molecule has 0 saturated carbocycles. The number of likely N-dealkylation sites (tertiary alicyclic amines) is 1. The normalized spacial score (nSPS) is 21.0. The molecule has 6 nitrogen and oxygen atoms in total. The molecular weight excluding hydrogens is 324 g/mol. The van der Waals surface area contributed by atoms with E-state index >= 15 is 0 Å². The summed E-state index contributed by atoms with van der Waals surface area (Å²) in [7, 11) is 0. The Morgan fingerprint density at radius 1 is 1.15 bits per heavy atom. The van der Waals surface area contributed by atoms with Gasteiger partial charge < -0.3 is 16.4 Å². The number of rotatable bonds is 4. The van der Waals surface area contributed by atoms with Crippen LogP contribution in [0.3, 0.4) is 0 Å². The summed E-state index contributed by atoms with van der Waals surface area (Å²) in [5.74, 6) is 1.33. The van der Waals surface area contributed by atoms with Crippen LogP contribution in [0.5, 0.6) is 0 Å². The van der Waals surface area contributed by atoms with Gasteiger partial charge in [-0.25, -0.2) is 4.98 Å². The van der Waals surface area contributed by atoms with Crippen LogP contribution in [0.15, 0.2) is 30.3 Å². The molecule has 1 saturated heterocycles. The summed E-state index contributed by atoms with van der Waals surface area (Å²) in [4.78, 5) is 11.5. The summed E-state index contributed by atoms with van der Waals surface area (Å²) in [5.41, 5.74) is 9.69. The van der Waals surface area contributed by atoms with Gasteiger partial charge in [0.1, 0.15) is 5.82 Å². The second kappa shape index (κ2) is 8.01. The van der Waals surface area contributed by atoms with Crippen LogP contribution in [0.1, 0.15) is 29.7 Å². The highest BCUT2D eigenvalue weighted by atomic mass is 15.2. The second-order valence-corrected chi connectivity index (χ2v) is 7.31. The molecule has 0 amide bonds. The molecule has 1 atom stereocenters. The molecule has 2 aliphatic heterocycles. The van der Waals surface area contributed by atoms with Crippen LogP contribution in [0.4, 0.5) is 11.8 Å². The molecule has 0 radical (unpaired) electrons. The van der Waals surface area contributed by atoms with Crippen molar-refractivity contribution in [2.45, 2.75) is 38.3 Å². The number of nitrogen functional groups attached to an aromatic ring is 1. The predicted molar refractivity (Wildman–Crippen MR) is 105 cm³/mol. The number of fused-ring (bicyclic) bond motifs is 1. The molecule has 0 aliphatic carbocycles. The molecule has 2 aliphatic rings. The molecule has 138 valence electrons. The van der Waals surface area contributed by atoms with E-state index in [0.717, 1.165) is 57.1 Å². The van der Waals surface area contributed by atoms with Gasteiger partial charge in [-0.15, -0.1) is 0 Å². The number of nitrogens with two attached hydrogens (primary N) is 1.